The van der Waals surface area contributed by atoms with Gasteiger partial charge in [-0.15, -0.1) is 11.8 Å². The van der Waals surface area contributed by atoms with Crippen LogP contribution in [0.3, 0.4) is 0 Å². The van der Waals surface area contributed by atoms with Gasteiger partial charge in [-0.25, -0.2) is 0 Å². The highest BCUT2D eigenvalue weighted by molar-refractivity contribution is 7.49. The highest BCUT2D eigenvalue weighted by Crippen LogP contribution is 2.00. The molecule has 0 aromatic carbocycles. The molecule has 8 heavy (non-hydrogen) atoms. The first-order chi connectivity index (χ1) is 3.91. The van der Waals surface area contributed by atoms with Crippen molar-refractivity contribution in [1.82, 2.24) is 0 Å². The van der Waals surface area contributed by atoms with E-state index in [1.165, 1.54) is 0 Å². The first-order valence-electron chi connectivity index (χ1n) is 2.56. The van der Waals surface area contributed by atoms with E-state index in [4.69, 9.17) is 0 Å². The quantitative estimate of drug-likeness (QED) is 0.251. The van der Waals surface area contributed by atoms with Crippen molar-refractivity contribution in [2.75, 3.05) is 0 Å². The molecule has 0 amide bonds. The van der Waals surface area contributed by atoms with Crippen LogP contribution in [0.5, 0.6) is 0 Å². The van der Waals surface area contributed by atoms with E-state index in [1.807, 2.05) is 14.8 Å². The molecule has 0 saturated heterocycles. The molecule has 0 aliphatic rings. The molecule has 0 heterocycles. The van der Waals surface area contributed by atoms with Gasteiger partial charge >= 0.3 is 0 Å². The Bertz CT molecular complexity index is 153. The zero-order chi connectivity index (χ0) is 6.24. The molecule has 0 nitrogen and oxygen atoms in total. The second-order valence-corrected chi connectivity index (χ2v) is 1.91. The average molecular weight is 122 g/mol. The molecule has 0 spiro atoms. The van der Waals surface area contributed by atoms with Gasteiger partial charge in [0.2, 0.25) is 0 Å². The zero-order valence-electron chi connectivity index (χ0n) is 5.21. The van der Waals surface area contributed by atoms with E-state index in [9.17, 15) is 0 Å². The lowest BCUT2D eigenvalue weighted by Crippen LogP contribution is -1.53. The Labute approximate surface area is 53.6 Å². The van der Waals surface area contributed by atoms with Crippen LogP contribution >= 0.6 is 8.58 Å². The molecule has 0 saturated carbocycles. The van der Waals surface area contributed by atoms with Gasteiger partial charge < -0.3 is 0 Å². The van der Waals surface area contributed by atoms with Crippen molar-refractivity contribution in [1.29, 1.82) is 0 Å². The van der Waals surface area contributed by atoms with Gasteiger partial charge in [0.05, 0.1) is 0 Å². The van der Waals surface area contributed by atoms with Crippen LogP contribution in [0.25, 0.3) is 0 Å². The summed E-state index contributed by atoms with van der Waals surface area (Å²) in [6, 6.07) is 0. The third-order valence-corrected chi connectivity index (χ3v) is 1.19. The van der Waals surface area contributed by atoms with Crippen molar-refractivity contribution in [2.45, 2.75) is 13.2 Å². The summed E-state index contributed by atoms with van der Waals surface area (Å²) in [4.78, 5) is 0. The van der Waals surface area contributed by atoms with Gasteiger partial charge in [0.1, 0.15) is 7.85 Å². The predicted octanol–water partition coefficient (Wildman–Crippen LogP) is 0.658. The van der Waals surface area contributed by atoms with Crippen molar-refractivity contribution in [3.63, 3.8) is 0 Å². The Hall–Kier alpha value is -0.385. The zero-order valence-corrected chi connectivity index (χ0v) is 6.21. The van der Waals surface area contributed by atoms with Crippen molar-refractivity contribution in [2.24, 2.45) is 0 Å². The lowest BCUT2D eigenvalue weighted by atomic mass is 10.1. The van der Waals surface area contributed by atoms with Crippen molar-refractivity contribution < 1.29 is 0 Å². The molecule has 1 unspecified atom stereocenters. The van der Waals surface area contributed by atoms with Crippen LogP contribution in [0.1, 0.15) is 6.92 Å². The summed E-state index contributed by atoms with van der Waals surface area (Å²) >= 11 is 0. The van der Waals surface area contributed by atoms with E-state index < -0.39 is 0 Å². The summed E-state index contributed by atoms with van der Waals surface area (Å²) in [5.41, 5.74) is 5.83. The molecule has 0 aliphatic heterocycles. The van der Waals surface area contributed by atoms with Crippen LogP contribution < -0.4 is 0 Å². The summed E-state index contributed by atoms with van der Waals surface area (Å²) in [7, 11) is 2.56. The van der Waals surface area contributed by atoms with Gasteiger partial charge in [0.15, 0.2) is 0 Å². The number of hydrogen-bond donors (Lipinski definition) is 0. The lowest BCUT2D eigenvalue weighted by molar-refractivity contribution is 1.88. The van der Waals surface area contributed by atoms with E-state index in [1.54, 1.807) is 0 Å². The maximum Gasteiger partial charge on any atom is 0.116 e. The molecule has 0 fully saturated rings. The van der Waals surface area contributed by atoms with Crippen LogP contribution in [0.2, 0.25) is 6.32 Å². The van der Waals surface area contributed by atoms with E-state index in [-0.39, 0.29) is 0 Å². The van der Waals surface area contributed by atoms with E-state index in [2.05, 4.69) is 23.2 Å². The molecule has 0 radical (unpaired) electrons. The monoisotopic (exact) mass is 122 g/mol. The second kappa shape index (κ2) is 6.61. The first kappa shape index (κ1) is 7.61. The largest absolute Gasteiger partial charge is 0.116 e. The van der Waals surface area contributed by atoms with Crippen LogP contribution in [0.15, 0.2) is 0 Å². The summed E-state index contributed by atoms with van der Waals surface area (Å²) in [6.45, 7) is 1.83. The summed E-state index contributed by atoms with van der Waals surface area (Å²) in [5.74, 6) is 5.73. The smallest absolute Gasteiger partial charge is 0.107 e. The Morgan fingerprint density at radius 3 is 2.75 bits per heavy atom. The molecule has 0 rings (SSSR count). The predicted molar refractivity (Wildman–Crippen MR) is 42.9 cm³/mol. The molecule has 0 bridgehead atoms. The van der Waals surface area contributed by atoms with Gasteiger partial charge in [0.25, 0.3) is 0 Å². The van der Waals surface area contributed by atoms with E-state index >= 15 is 0 Å². The summed E-state index contributed by atoms with van der Waals surface area (Å²) in [5, 5.41) is 0. The molecule has 1 atom stereocenters. The summed E-state index contributed by atoms with van der Waals surface area (Å²) < 4.78 is 0. The van der Waals surface area contributed by atoms with Crippen LogP contribution in [-0.2, 0) is 0 Å². The number of rotatable bonds is 0. The minimum absolute atomic E-state index is 0.517. The molecule has 0 aromatic heterocycles. The molecule has 2 heteroatoms. The minimum atomic E-state index is 0.517. The molecular formula is C6H8BP. The van der Waals surface area contributed by atoms with Crippen LogP contribution in [0.4, 0.5) is 0 Å². The van der Waals surface area contributed by atoms with Gasteiger partial charge in [-0.2, -0.15) is 0 Å². The third-order valence-electron chi connectivity index (χ3n) is 0.515. The molecule has 0 aliphatic carbocycles. The molecule has 0 aromatic rings. The Morgan fingerprint density at radius 1 is 1.50 bits per heavy atom. The van der Waals surface area contributed by atoms with Crippen molar-refractivity contribution in [3.05, 3.63) is 0 Å². The lowest BCUT2D eigenvalue weighted by Gasteiger charge is -1.67. The van der Waals surface area contributed by atoms with Crippen LogP contribution in [-0.4, -0.2) is 7.85 Å². The third kappa shape index (κ3) is 5.61. The van der Waals surface area contributed by atoms with Gasteiger partial charge in [-0.05, 0) is 13.2 Å². The standard InChI is InChI=1S/C6H8BP/c1-2-5-8-6-3-4-7/h8H,4,7H2,1H3. The fourth-order valence-electron chi connectivity index (χ4n) is 0.226. The van der Waals surface area contributed by atoms with Crippen LogP contribution in [0, 0.1) is 23.2 Å². The Kier molecular flexibility index (Phi) is 6.30. The topological polar surface area (TPSA) is 0 Å². The van der Waals surface area contributed by atoms with E-state index in [0.717, 1.165) is 6.32 Å². The average Bonchev–Trinajstić information content (AvgIpc) is 1.81. The van der Waals surface area contributed by atoms with Gasteiger partial charge in [0, 0.05) is 8.58 Å². The fraction of sp³-hybridized carbons (Fsp3) is 0.333. The first-order valence-corrected chi connectivity index (χ1v) is 3.56. The highest BCUT2D eigenvalue weighted by atomic mass is 31.1. The molecule has 0 N–H and O–H groups in total. The number of hydrogen-bond acceptors (Lipinski definition) is 0. The fourth-order valence-corrected chi connectivity index (χ4v) is 0.679. The molecular weight excluding hydrogens is 114 g/mol. The maximum atomic E-state index is 2.94. The highest BCUT2D eigenvalue weighted by Gasteiger charge is 1.61. The van der Waals surface area contributed by atoms with Crippen molar-refractivity contribution in [3.8, 4) is 23.2 Å². The minimum Gasteiger partial charge on any atom is -0.107 e. The molecule has 40 valence electrons. The maximum absolute atomic E-state index is 2.94. The Morgan fingerprint density at radius 2 is 2.25 bits per heavy atom. The summed E-state index contributed by atoms with van der Waals surface area (Å²) in [6.07, 6.45) is 0.943. The van der Waals surface area contributed by atoms with Gasteiger partial charge in [-0.1, -0.05) is 11.3 Å². The van der Waals surface area contributed by atoms with Crippen molar-refractivity contribution >= 4 is 16.4 Å². The SMILES string of the molecule is BCC#CPC#CC. The Balaban J connectivity index is 3.24. The van der Waals surface area contributed by atoms with E-state index in [0.29, 0.717) is 8.58 Å². The second-order valence-electron chi connectivity index (χ2n) is 1.16. The normalized spacial score (nSPS) is 7.12. The van der Waals surface area contributed by atoms with Gasteiger partial charge in [-0.3, -0.25) is 0 Å².